The first-order chi connectivity index (χ1) is 11.2. The SMILES string of the molecule is Cc1csc([C@H](NC(=O)Nc2cnc(C3CC3)nc2)C2CC2)n1. The van der Waals surface area contributed by atoms with Crippen LogP contribution in [0.25, 0.3) is 0 Å². The van der Waals surface area contributed by atoms with Crippen LogP contribution in [0, 0.1) is 12.8 Å². The molecule has 6 nitrogen and oxygen atoms in total. The predicted octanol–water partition coefficient (Wildman–Crippen LogP) is 3.39. The molecule has 2 aromatic rings. The Morgan fingerprint density at radius 3 is 2.57 bits per heavy atom. The van der Waals surface area contributed by atoms with Crippen molar-refractivity contribution in [2.45, 2.75) is 44.6 Å². The van der Waals surface area contributed by atoms with Crippen LogP contribution < -0.4 is 10.6 Å². The van der Waals surface area contributed by atoms with Crippen LogP contribution in [0.2, 0.25) is 0 Å². The number of anilines is 1. The largest absolute Gasteiger partial charge is 0.328 e. The second-order valence-electron chi connectivity index (χ2n) is 6.34. The Hall–Kier alpha value is -2.02. The molecule has 4 rings (SSSR count). The molecule has 2 N–H and O–H groups in total. The van der Waals surface area contributed by atoms with E-state index in [0.717, 1.165) is 29.4 Å². The number of carbonyl (C=O) groups is 1. The summed E-state index contributed by atoms with van der Waals surface area (Å²) in [6.45, 7) is 1.97. The van der Waals surface area contributed by atoms with E-state index in [1.807, 2.05) is 12.3 Å². The van der Waals surface area contributed by atoms with Gasteiger partial charge in [0, 0.05) is 17.0 Å². The lowest BCUT2D eigenvalue weighted by Gasteiger charge is -2.16. The normalized spacial score (nSPS) is 18.5. The predicted molar refractivity (Wildman–Crippen MR) is 88.5 cm³/mol. The maximum Gasteiger partial charge on any atom is 0.319 e. The van der Waals surface area contributed by atoms with Crippen molar-refractivity contribution in [3.63, 3.8) is 0 Å². The van der Waals surface area contributed by atoms with E-state index in [1.165, 1.54) is 12.8 Å². The Morgan fingerprint density at radius 2 is 2.00 bits per heavy atom. The molecule has 23 heavy (non-hydrogen) atoms. The molecule has 2 fully saturated rings. The average Bonchev–Trinajstić information content (AvgIpc) is 3.44. The van der Waals surface area contributed by atoms with Gasteiger partial charge in [-0.25, -0.2) is 19.7 Å². The van der Waals surface area contributed by atoms with Crippen molar-refractivity contribution >= 4 is 23.1 Å². The highest BCUT2D eigenvalue weighted by Gasteiger charge is 2.35. The van der Waals surface area contributed by atoms with Gasteiger partial charge in [0.25, 0.3) is 0 Å². The lowest BCUT2D eigenvalue weighted by Crippen LogP contribution is -2.33. The van der Waals surface area contributed by atoms with Crippen molar-refractivity contribution in [1.29, 1.82) is 0 Å². The number of urea groups is 1. The maximum absolute atomic E-state index is 12.3. The van der Waals surface area contributed by atoms with Crippen LogP contribution in [0.3, 0.4) is 0 Å². The van der Waals surface area contributed by atoms with Gasteiger partial charge in [-0.2, -0.15) is 0 Å². The Labute approximate surface area is 138 Å². The number of aryl methyl sites for hydroxylation is 1. The van der Waals surface area contributed by atoms with E-state index < -0.39 is 0 Å². The third kappa shape index (κ3) is 3.50. The van der Waals surface area contributed by atoms with Gasteiger partial charge >= 0.3 is 6.03 Å². The first-order valence-corrected chi connectivity index (χ1v) is 8.88. The summed E-state index contributed by atoms with van der Waals surface area (Å²) in [5, 5.41) is 8.88. The van der Waals surface area contributed by atoms with E-state index in [2.05, 4.69) is 25.6 Å². The second-order valence-corrected chi connectivity index (χ2v) is 7.23. The Balaban J connectivity index is 1.39. The standard InChI is InChI=1S/C16H19N5OS/c1-9-8-23-15(19-9)13(10-2-3-10)21-16(22)20-12-6-17-14(18-7-12)11-4-5-11/h6-8,10-11,13H,2-5H2,1H3,(H2,20,21,22)/t13-/m1/s1. The van der Waals surface area contributed by atoms with Gasteiger partial charge in [-0.15, -0.1) is 11.3 Å². The monoisotopic (exact) mass is 329 g/mol. The maximum atomic E-state index is 12.3. The van der Waals surface area contributed by atoms with Crippen molar-refractivity contribution in [2.75, 3.05) is 5.32 Å². The van der Waals surface area contributed by atoms with Gasteiger partial charge in [-0.05, 0) is 38.5 Å². The lowest BCUT2D eigenvalue weighted by molar-refractivity contribution is 0.247. The van der Waals surface area contributed by atoms with Gasteiger partial charge in [0.1, 0.15) is 10.8 Å². The van der Waals surface area contributed by atoms with E-state index in [0.29, 0.717) is 17.5 Å². The Kier molecular flexibility index (Phi) is 3.72. The zero-order chi connectivity index (χ0) is 15.8. The summed E-state index contributed by atoms with van der Waals surface area (Å²) in [6.07, 6.45) is 7.98. The fourth-order valence-electron chi connectivity index (χ4n) is 2.59. The second kappa shape index (κ2) is 5.88. The summed E-state index contributed by atoms with van der Waals surface area (Å²) in [6, 6.07) is -0.224. The van der Waals surface area contributed by atoms with E-state index >= 15 is 0 Å². The number of thiazole rings is 1. The molecule has 2 amide bonds. The minimum Gasteiger partial charge on any atom is -0.328 e. The van der Waals surface area contributed by atoms with Crippen LogP contribution in [0.15, 0.2) is 17.8 Å². The van der Waals surface area contributed by atoms with Crippen LogP contribution in [0.5, 0.6) is 0 Å². The van der Waals surface area contributed by atoms with Gasteiger partial charge in [0.05, 0.1) is 24.1 Å². The molecule has 2 aliphatic carbocycles. The molecule has 1 atom stereocenters. The molecule has 0 aliphatic heterocycles. The summed E-state index contributed by atoms with van der Waals surface area (Å²) < 4.78 is 0. The highest BCUT2D eigenvalue weighted by Crippen LogP contribution is 2.42. The van der Waals surface area contributed by atoms with Crippen LogP contribution in [-0.2, 0) is 0 Å². The number of nitrogens with zero attached hydrogens (tertiary/aromatic N) is 3. The van der Waals surface area contributed by atoms with E-state index in [9.17, 15) is 4.79 Å². The van der Waals surface area contributed by atoms with Crippen LogP contribution in [-0.4, -0.2) is 21.0 Å². The zero-order valence-corrected chi connectivity index (χ0v) is 13.8. The first kappa shape index (κ1) is 14.6. The summed E-state index contributed by atoms with van der Waals surface area (Å²) in [5.74, 6) is 1.90. The topological polar surface area (TPSA) is 79.8 Å². The molecule has 0 saturated heterocycles. The molecule has 2 aliphatic rings. The van der Waals surface area contributed by atoms with Gasteiger partial charge in [0.15, 0.2) is 0 Å². The fourth-order valence-corrected chi connectivity index (χ4v) is 3.53. The average molecular weight is 329 g/mol. The number of hydrogen-bond acceptors (Lipinski definition) is 5. The number of rotatable bonds is 5. The van der Waals surface area contributed by atoms with Crippen molar-refractivity contribution in [1.82, 2.24) is 20.3 Å². The van der Waals surface area contributed by atoms with Crippen molar-refractivity contribution in [3.05, 3.63) is 34.3 Å². The van der Waals surface area contributed by atoms with Gasteiger partial charge in [0.2, 0.25) is 0 Å². The third-order valence-corrected chi connectivity index (χ3v) is 5.20. The number of amides is 2. The highest BCUT2D eigenvalue weighted by molar-refractivity contribution is 7.09. The van der Waals surface area contributed by atoms with E-state index in [1.54, 1.807) is 23.7 Å². The molecule has 7 heteroatoms. The number of nitrogens with one attached hydrogen (secondary N) is 2. The number of aromatic nitrogens is 3. The molecule has 0 unspecified atom stereocenters. The van der Waals surface area contributed by atoms with Crippen LogP contribution >= 0.6 is 11.3 Å². The smallest absolute Gasteiger partial charge is 0.319 e. The van der Waals surface area contributed by atoms with E-state index in [4.69, 9.17) is 0 Å². The van der Waals surface area contributed by atoms with E-state index in [-0.39, 0.29) is 12.1 Å². The third-order valence-electron chi connectivity index (χ3n) is 4.16. The molecule has 0 aromatic carbocycles. The number of carbonyl (C=O) groups excluding carboxylic acids is 1. The number of hydrogen-bond donors (Lipinski definition) is 2. The van der Waals surface area contributed by atoms with Crippen molar-refractivity contribution < 1.29 is 4.79 Å². The van der Waals surface area contributed by atoms with Gasteiger partial charge in [-0.3, -0.25) is 0 Å². The zero-order valence-electron chi connectivity index (χ0n) is 13.0. The van der Waals surface area contributed by atoms with Crippen molar-refractivity contribution in [2.24, 2.45) is 5.92 Å². The molecule has 2 heterocycles. The molecular formula is C16H19N5OS. The molecule has 2 saturated carbocycles. The summed E-state index contributed by atoms with van der Waals surface area (Å²) in [5.41, 5.74) is 1.62. The molecular weight excluding hydrogens is 310 g/mol. The van der Waals surface area contributed by atoms with Gasteiger partial charge in [-0.1, -0.05) is 0 Å². The molecule has 0 radical (unpaired) electrons. The lowest BCUT2D eigenvalue weighted by atomic mass is 10.2. The summed E-state index contributed by atoms with van der Waals surface area (Å²) in [7, 11) is 0. The summed E-state index contributed by atoms with van der Waals surface area (Å²) >= 11 is 1.61. The fraction of sp³-hybridized carbons (Fsp3) is 0.500. The molecule has 2 aromatic heterocycles. The summed E-state index contributed by atoms with van der Waals surface area (Å²) in [4.78, 5) is 25.4. The molecule has 0 spiro atoms. The first-order valence-electron chi connectivity index (χ1n) is 8.00. The van der Waals surface area contributed by atoms with Gasteiger partial charge < -0.3 is 10.6 Å². The van der Waals surface area contributed by atoms with Crippen LogP contribution in [0.1, 0.15) is 54.2 Å². The molecule has 0 bridgehead atoms. The quantitative estimate of drug-likeness (QED) is 0.881. The highest BCUT2D eigenvalue weighted by atomic mass is 32.1. The Morgan fingerprint density at radius 1 is 1.26 bits per heavy atom. The van der Waals surface area contributed by atoms with Crippen molar-refractivity contribution in [3.8, 4) is 0 Å². The van der Waals surface area contributed by atoms with Crippen LogP contribution in [0.4, 0.5) is 10.5 Å². The minimum atomic E-state index is -0.225. The minimum absolute atomic E-state index is 0.000329. The molecule has 120 valence electrons. The Bertz CT molecular complexity index is 706.